The van der Waals surface area contributed by atoms with Crippen LogP contribution in [0.3, 0.4) is 0 Å². The van der Waals surface area contributed by atoms with Gasteiger partial charge in [0, 0.05) is 25.2 Å². The van der Waals surface area contributed by atoms with E-state index in [2.05, 4.69) is 10.6 Å². The lowest BCUT2D eigenvalue weighted by molar-refractivity contribution is 0.0389. The van der Waals surface area contributed by atoms with Crippen molar-refractivity contribution in [1.29, 1.82) is 0 Å². The molecule has 10 nitrogen and oxygen atoms in total. The van der Waals surface area contributed by atoms with Gasteiger partial charge in [-0.2, -0.15) is 4.31 Å². The lowest BCUT2D eigenvalue weighted by Gasteiger charge is -2.38. The van der Waals surface area contributed by atoms with E-state index in [-0.39, 0.29) is 46.8 Å². The summed E-state index contributed by atoms with van der Waals surface area (Å²) in [4.78, 5) is 27.9. The predicted octanol–water partition coefficient (Wildman–Crippen LogP) is 4.07. The molecule has 0 spiro atoms. The van der Waals surface area contributed by atoms with E-state index < -0.39 is 39.9 Å². The van der Waals surface area contributed by atoms with Crippen LogP contribution in [0.4, 0.5) is 20.6 Å². The zero-order valence-corrected chi connectivity index (χ0v) is 23.8. The SMILES string of the molecule is C[C@H](CO)N1C[C@H](C)[C@@H](CN(C)S(=O)(=O)c2cccs2)Oc2c(NC(=O)Nc3ccc(F)cc3)cccc2C1=O. The molecular weight excluding hydrogens is 559 g/mol. The highest BCUT2D eigenvalue weighted by molar-refractivity contribution is 7.91. The molecule has 0 aliphatic carbocycles. The highest BCUT2D eigenvalue weighted by Gasteiger charge is 2.36. The number of benzene rings is 2. The molecule has 0 fully saturated rings. The van der Waals surface area contributed by atoms with E-state index in [4.69, 9.17) is 4.74 Å². The summed E-state index contributed by atoms with van der Waals surface area (Å²) in [5.41, 5.74) is 0.690. The maximum absolute atomic E-state index is 13.6. The number of carbonyl (C=O) groups is 2. The zero-order valence-electron chi connectivity index (χ0n) is 22.2. The second-order valence-electron chi connectivity index (χ2n) is 9.61. The number of rotatable bonds is 8. The summed E-state index contributed by atoms with van der Waals surface area (Å²) < 4.78 is 47.3. The van der Waals surface area contributed by atoms with Gasteiger partial charge in [0.1, 0.15) is 16.1 Å². The van der Waals surface area contributed by atoms with Crippen molar-refractivity contribution in [2.45, 2.75) is 30.2 Å². The molecule has 4 rings (SSSR count). The summed E-state index contributed by atoms with van der Waals surface area (Å²) in [6.07, 6.45) is -0.719. The van der Waals surface area contributed by atoms with Crippen LogP contribution in [0, 0.1) is 11.7 Å². The molecule has 2 aromatic carbocycles. The molecule has 40 heavy (non-hydrogen) atoms. The van der Waals surface area contributed by atoms with E-state index in [1.165, 1.54) is 46.6 Å². The van der Waals surface area contributed by atoms with Gasteiger partial charge in [-0.15, -0.1) is 11.3 Å². The van der Waals surface area contributed by atoms with Crippen LogP contribution in [-0.4, -0.2) is 73.6 Å². The molecule has 1 aromatic heterocycles. The molecule has 2 heterocycles. The van der Waals surface area contributed by atoms with Gasteiger partial charge < -0.3 is 25.4 Å². The monoisotopic (exact) mass is 590 g/mol. The maximum Gasteiger partial charge on any atom is 0.323 e. The van der Waals surface area contributed by atoms with Crippen molar-refractivity contribution in [1.82, 2.24) is 9.21 Å². The Kier molecular flexibility index (Phi) is 9.08. The van der Waals surface area contributed by atoms with Crippen molar-refractivity contribution < 1.29 is 32.2 Å². The van der Waals surface area contributed by atoms with Crippen LogP contribution in [0.5, 0.6) is 5.75 Å². The van der Waals surface area contributed by atoms with Crippen LogP contribution >= 0.6 is 11.3 Å². The molecule has 1 aliphatic heterocycles. The number of nitrogens with one attached hydrogen (secondary N) is 2. The highest BCUT2D eigenvalue weighted by atomic mass is 32.2. The molecule has 214 valence electrons. The standard InChI is InChI=1S/C27H31FN4O6S2/c1-17-14-32(18(2)16-33)26(34)21-6-4-7-22(30-27(35)29-20-11-9-19(28)10-12-20)25(21)38-23(17)15-31(3)40(36,37)24-8-5-13-39-24/h4-13,17-18,23,33H,14-16H2,1-3H3,(H2,29,30,35)/t17-,18+,23+/m0/s1. The Balaban J connectivity index is 1.68. The number of nitrogens with zero attached hydrogens (tertiary/aromatic N) is 2. The lowest BCUT2D eigenvalue weighted by Crippen LogP contribution is -2.50. The van der Waals surface area contributed by atoms with E-state index >= 15 is 0 Å². The summed E-state index contributed by atoms with van der Waals surface area (Å²) in [5, 5.41) is 16.8. The second-order valence-corrected chi connectivity index (χ2v) is 12.8. The van der Waals surface area contributed by atoms with E-state index in [9.17, 15) is 27.5 Å². The number of likely N-dealkylation sites (N-methyl/N-ethyl adjacent to an activating group) is 1. The van der Waals surface area contributed by atoms with Crippen molar-refractivity contribution in [3.8, 4) is 5.75 Å². The third kappa shape index (κ3) is 6.44. The van der Waals surface area contributed by atoms with E-state index in [1.54, 1.807) is 36.6 Å². The molecule has 3 atom stereocenters. The number of aliphatic hydroxyl groups excluding tert-OH is 1. The van der Waals surface area contributed by atoms with Gasteiger partial charge in [0.15, 0.2) is 5.75 Å². The van der Waals surface area contributed by atoms with Gasteiger partial charge in [0.2, 0.25) is 0 Å². The molecule has 1 aliphatic rings. The van der Waals surface area contributed by atoms with Gasteiger partial charge >= 0.3 is 6.03 Å². The zero-order chi connectivity index (χ0) is 29.0. The molecule has 0 radical (unpaired) electrons. The summed E-state index contributed by atoms with van der Waals surface area (Å²) in [7, 11) is -2.32. The fourth-order valence-electron chi connectivity index (χ4n) is 4.29. The third-order valence-corrected chi connectivity index (χ3v) is 9.83. The summed E-state index contributed by atoms with van der Waals surface area (Å²) in [5.74, 6) is -1.12. The van der Waals surface area contributed by atoms with Crippen LogP contribution in [0.25, 0.3) is 0 Å². The van der Waals surface area contributed by atoms with Crippen LogP contribution < -0.4 is 15.4 Å². The van der Waals surface area contributed by atoms with Crippen molar-refractivity contribution in [2.75, 3.05) is 37.4 Å². The average molecular weight is 591 g/mol. The summed E-state index contributed by atoms with van der Waals surface area (Å²) in [6, 6.07) is 11.9. The van der Waals surface area contributed by atoms with E-state index in [1.807, 2.05) is 6.92 Å². The topological polar surface area (TPSA) is 128 Å². The molecule has 3 amide bonds. The Hall–Kier alpha value is -3.52. The largest absolute Gasteiger partial charge is 0.486 e. The molecule has 0 bridgehead atoms. The van der Waals surface area contributed by atoms with Crippen LogP contribution in [0.2, 0.25) is 0 Å². The first-order chi connectivity index (χ1) is 19.0. The number of halogens is 1. The molecule has 0 unspecified atom stereocenters. The normalized spacial score (nSPS) is 18.4. The predicted molar refractivity (Wildman–Crippen MR) is 151 cm³/mol. The molecule has 3 N–H and O–H groups in total. The first kappa shape index (κ1) is 29.5. The van der Waals surface area contributed by atoms with E-state index in [0.29, 0.717) is 5.69 Å². The number of carbonyl (C=O) groups excluding carboxylic acids is 2. The number of amides is 3. The van der Waals surface area contributed by atoms with Crippen LogP contribution in [0.15, 0.2) is 64.2 Å². The Morgan fingerprint density at radius 3 is 2.58 bits per heavy atom. The Morgan fingerprint density at radius 1 is 1.20 bits per heavy atom. The minimum atomic E-state index is -3.78. The number of para-hydroxylation sites is 1. The minimum absolute atomic E-state index is 0.0352. The summed E-state index contributed by atoms with van der Waals surface area (Å²) >= 11 is 1.11. The fraction of sp³-hybridized carbons (Fsp3) is 0.333. The highest BCUT2D eigenvalue weighted by Crippen LogP contribution is 2.35. The van der Waals surface area contributed by atoms with Crippen molar-refractivity contribution in [2.24, 2.45) is 5.92 Å². The number of hydrogen-bond acceptors (Lipinski definition) is 7. The van der Waals surface area contributed by atoms with Gasteiger partial charge in [-0.05, 0) is 54.8 Å². The van der Waals surface area contributed by atoms with Gasteiger partial charge in [-0.25, -0.2) is 17.6 Å². The Morgan fingerprint density at radius 2 is 1.93 bits per heavy atom. The lowest BCUT2D eigenvalue weighted by atomic mass is 9.99. The quantitative estimate of drug-likeness (QED) is 0.363. The van der Waals surface area contributed by atoms with Gasteiger partial charge in [-0.3, -0.25) is 4.79 Å². The van der Waals surface area contributed by atoms with Crippen molar-refractivity contribution >= 4 is 44.7 Å². The number of anilines is 2. The third-order valence-electron chi connectivity index (χ3n) is 6.64. The van der Waals surface area contributed by atoms with Crippen molar-refractivity contribution in [3.63, 3.8) is 0 Å². The molecule has 3 aromatic rings. The number of ether oxygens (including phenoxy) is 1. The number of sulfonamides is 1. The number of urea groups is 1. The van der Waals surface area contributed by atoms with Crippen molar-refractivity contribution in [3.05, 3.63) is 71.4 Å². The smallest absolute Gasteiger partial charge is 0.323 e. The fourth-order valence-corrected chi connectivity index (χ4v) is 6.68. The average Bonchev–Trinajstić information content (AvgIpc) is 3.48. The second kappa shape index (κ2) is 12.3. The van der Waals surface area contributed by atoms with Gasteiger partial charge in [0.25, 0.3) is 15.9 Å². The molecule has 0 saturated heterocycles. The number of hydrogen-bond donors (Lipinski definition) is 3. The van der Waals surface area contributed by atoms with E-state index in [0.717, 1.165) is 11.3 Å². The molecule has 13 heteroatoms. The number of aliphatic hydroxyl groups is 1. The number of thiophene rings is 1. The number of fused-ring (bicyclic) bond motifs is 1. The summed E-state index contributed by atoms with van der Waals surface area (Å²) in [6.45, 7) is 3.45. The first-order valence-electron chi connectivity index (χ1n) is 12.6. The Bertz CT molecular complexity index is 1450. The molecular formula is C27H31FN4O6S2. The Labute approximate surface area is 236 Å². The first-order valence-corrected chi connectivity index (χ1v) is 14.9. The van der Waals surface area contributed by atoms with Gasteiger partial charge in [0.05, 0.1) is 30.4 Å². The van der Waals surface area contributed by atoms with Gasteiger partial charge in [-0.1, -0.05) is 19.1 Å². The van der Waals surface area contributed by atoms with Crippen LogP contribution in [0.1, 0.15) is 24.2 Å². The maximum atomic E-state index is 13.6. The molecule has 0 saturated carbocycles. The van der Waals surface area contributed by atoms with Crippen LogP contribution in [-0.2, 0) is 10.0 Å². The minimum Gasteiger partial charge on any atom is -0.486 e.